The Hall–Kier alpha value is -5.70. The van der Waals surface area contributed by atoms with Gasteiger partial charge in [0.05, 0.1) is 28.0 Å². The fraction of sp³-hybridized carbons (Fsp3) is 0.211. The molecule has 2 aliphatic rings. The molecule has 0 amide bonds. The maximum atomic E-state index is 12.9. The second-order valence-electron chi connectivity index (χ2n) is 13.6. The van der Waals surface area contributed by atoms with E-state index in [0.29, 0.717) is 50.1 Å². The van der Waals surface area contributed by atoms with Crippen molar-refractivity contribution in [1.82, 2.24) is 9.97 Å². The highest BCUT2D eigenvalue weighted by atomic mass is 16.1. The zero-order valence-corrected chi connectivity index (χ0v) is 27.1. The van der Waals surface area contributed by atoms with Gasteiger partial charge < -0.3 is 21.2 Å². The van der Waals surface area contributed by atoms with Crippen LogP contribution in [0.1, 0.15) is 111 Å². The molecule has 0 atom stereocenters. The summed E-state index contributed by atoms with van der Waals surface area (Å²) in [4.78, 5) is 68.0. The first-order valence-electron chi connectivity index (χ1n) is 15.1. The fourth-order valence-electron chi connectivity index (χ4n) is 5.24. The Kier molecular flexibility index (Phi) is 8.28. The van der Waals surface area contributed by atoms with E-state index in [-0.39, 0.29) is 45.2 Å². The average molecular weight is 629 g/mol. The zero-order chi connectivity index (χ0) is 34.4. The summed E-state index contributed by atoms with van der Waals surface area (Å²) < 4.78 is 0. The number of anilines is 2. The van der Waals surface area contributed by atoms with Gasteiger partial charge in [-0.3, -0.25) is 19.2 Å². The largest absolute Gasteiger partial charge is 0.397 e. The van der Waals surface area contributed by atoms with Crippen LogP contribution in [-0.4, -0.2) is 39.4 Å². The number of nitrogens with one attached hydrogen (secondary N) is 1. The smallest absolute Gasteiger partial charge is 0.196 e. The number of nitrogens with zero attached hydrogens (tertiary/aromatic N) is 1. The Labute approximate surface area is 272 Å². The summed E-state index contributed by atoms with van der Waals surface area (Å²) in [5.41, 5.74) is 16.2. The molecule has 0 unspecified atom stereocenters. The summed E-state index contributed by atoms with van der Waals surface area (Å²) in [7, 11) is 0. The monoisotopic (exact) mass is 628 g/mol. The zero-order valence-electron chi connectivity index (χ0n) is 27.1. The third-order valence-electron chi connectivity index (χ3n) is 7.77. The van der Waals surface area contributed by atoms with E-state index in [2.05, 4.69) is 30.7 Å². The summed E-state index contributed by atoms with van der Waals surface area (Å²) in [6, 6.07) is 20.3. The summed E-state index contributed by atoms with van der Waals surface area (Å²) in [6.45, 7) is 11.8. The van der Waals surface area contributed by atoms with Crippen molar-refractivity contribution in [2.24, 2.45) is 5.41 Å². The Balaban J connectivity index is 0.000000161. The number of hydrogen-bond donors (Lipinski definition) is 3. The van der Waals surface area contributed by atoms with Gasteiger partial charge in [0.15, 0.2) is 23.1 Å². The normalized spacial score (nSPS) is 13.3. The molecule has 7 rings (SSSR count). The lowest BCUT2D eigenvalue weighted by molar-refractivity contribution is -0.113. The van der Waals surface area contributed by atoms with E-state index in [9.17, 15) is 24.0 Å². The molecule has 4 aromatic carbocycles. The predicted molar refractivity (Wildman–Crippen MR) is 182 cm³/mol. The van der Waals surface area contributed by atoms with Gasteiger partial charge >= 0.3 is 0 Å². The number of nitrogens with two attached hydrogens (primary N) is 2. The molecular weight excluding hydrogens is 592 g/mol. The lowest BCUT2D eigenvalue weighted by Crippen LogP contribution is -2.22. The summed E-state index contributed by atoms with van der Waals surface area (Å²) in [5.74, 6) is 0.127. The van der Waals surface area contributed by atoms with E-state index in [1.165, 1.54) is 0 Å². The van der Waals surface area contributed by atoms with Crippen LogP contribution in [0.3, 0.4) is 0 Å². The number of ketones is 4. The van der Waals surface area contributed by atoms with Crippen LogP contribution in [0, 0.1) is 5.41 Å². The van der Waals surface area contributed by atoms with E-state index in [1.807, 2.05) is 26.8 Å². The Morgan fingerprint density at radius 3 is 1.49 bits per heavy atom. The highest BCUT2D eigenvalue weighted by molar-refractivity contribution is 6.32. The van der Waals surface area contributed by atoms with Crippen molar-refractivity contribution < 1.29 is 24.0 Å². The molecule has 0 saturated carbocycles. The molecule has 5 aromatic rings. The number of fused-ring (bicyclic) bond motifs is 6. The standard InChI is InChI=1S/C19H16N2O2.C14H10N2O2.C5H10O/c1-19(2,3)18-20-13-9-8-12-14(15(13)21-18)17(23)11-7-5-4-6-10(11)16(12)22;15-10-6-5-9-11(12(10)16)14(18)8-4-2-1-3-7(8)13(9)17;1-5(2,3)4-6/h4-9H,1-3H3,(H,20,21);1-6H,15-16H2;4H,1-3H3. The van der Waals surface area contributed by atoms with Crippen molar-refractivity contribution >= 4 is 51.8 Å². The molecule has 1 heterocycles. The lowest BCUT2D eigenvalue weighted by atomic mass is 9.83. The van der Waals surface area contributed by atoms with Crippen LogP contribution in [-0.2, 0) is 10.2 Å². The van der Waals surface area contributed by atoms with Crippen molar-refractivity contribution in [3.05, 3.63) is 123 Å². The quantitative estimate of drug-likeness (QED) is 0.127. The van der Waals surface area contributed by atoms with Crippen LogP contribution in [0.25, 0.3) is 11.0 Å². The van der Waals surface area contributed by atoms with Crippen LogP contribution >= 0.6 is 0 Å². The molecule has 0 aliphatic heterocycles. The van der Waals surface area contributed by atoms with Crippen molar-refractivity contribution in [1.29, 1.82) is 0 Å². The topological polar surface area (TPSA) is 166 Å². The Morgan fingerprint density at radius 1 is 0.596 bits per heavy atom. The molecule has 238 valence electrons. The number of benzene rings is 4. The van der Waals surface area contributed by atoms with Crippen molar-refractivity contribution in [2.45, 2.75) is 47.0 Å². The predicted octanol–water partition coefficient (Wildman–Crippen LogP) is 6.49. The number of carbonyl (C=O) groups is 5. The molecule has 9 heteroatoms. The number of aromatic amines is 1. The number of nitrogen functional groups attached to an aromatic ring is 2. The molecule has 0 bridgehead atoms. The Bertz CT molecular complexity index is 2130. The maximum absolute atomic E-state index is 12.9. The van der Waals surface area contributed by atoms with Crippen LogP contribution in [0.4, 0.5) is 11.4 Å². The van der Waals surface area contributed by atoms with E-state index >= 15 is 0 Å². The van der Waals surface area contributed by atoms with Crippen molar-refractivity contribution in [2.75, 3.05) is 11.5 Å². The van der Waals surface area contributed by atoms with Gasteiger partial charge in [0.2, 0.25) is 0 Å². The van der Waals surface area contributed by atoms with Crippen LogP contribution < -0.4 is 11.5 Å². The van der Waals surface area contributed by atoms with Gasteiger partial charge in [0.1, 0.15) is 17.6 Å². The second kappa shape index (κ2) is 11.9. The Morgan fingerprint density at radius 2 is 1.02 bits per heavy atom. The van der Waals surface area contributed by atoms with Gasteiger partial charge in [-0.05, 0) is 24.3 Å². The molecule has 5 N–H and O–H groups in total. The highest BCUT2D eigenvalue weighted by Crippen LogP contribution is 2.34. The number of aromatic nitrogens is 2. The number of aldehydes is 1. The van der Waals surface area contributed by atoms with Gasteiger partial charge in [0, 0.05) is 44.2 Å². The number of imidazole rings is 1. The minimum absolute atomic E-state index is 0.114. The van der Waals surface area contributed by atoms with Crippen LogP contribution in [0.5, 0.6) is 0 Å². The molecule has 0 saturated heterocycles. The molecule has 47 heavy (non-hydrogen) atoms. The number of hydrogen-bond acceptors (Lipinski definition) is 8. The van der Waals surface area contributed by atoms with Crippen LogP contribution in [0.2, 0.25) is 0 Å². The summed E-state index contributed by atoms with van der Waals surface area (Å²) in [6.07, 6.45) is 0.938. The molecule has 0 radical (unpaired) electrons. The molecule has 1 aromatic heterocycles. The average Bonchev–Trinajstić information content (AvgIpc) is 3.49. The first kappa shape index (κ1) is 32.7. The fourth-order valence-corrected chi connectivity index (χ4v) is 5.24. The van der Waals surface area contributed by atoms with Crippen molar-refractivity contribution in [3.63, 3.8) is 0 Å². The van der Waals surface area contributed by atoms with Crippen LogP contribution in [0.15, 0.2) is 72.8 Å². The number of rotatable bonds is 0. The van der Waals surface area contributed by atoms with Gasteiger partial charge in [-0.15, -0.1) is 0 Å². The highest BCUT2D eigenvalue weighted by Gasteiger charge is 2.33. The van der Waals surface area contributed by atoms with E-state index < -0.39 is 0 Å². The molecular formula is C38H36N4O5. The first-order chi connectivity index (χ1) is 22.0. The number of carbonyl (C=O) groups excluding carboxylic acids is 5. The third kappa shape index (κ3) is 6.00. The van der Waals surface area contributed by atoms with Gasteiger partial charge in [0.25, 0.3) is 0 Å². The van der Waals surface area contributed by atoms with Gasteiger partial charge in [-0.1, -0.05) is 90.1 Å². The summed E-state index contributed by atoms with van der Waals surface area (Å²) >= 11 is 0. The first-order valence-corrected chi connectivity index (χ1v) is 15.1. The lowest BCUT2D eigenvalue weighted by Gasteiger charge is -2.19. The molecule has 0 fully saturated rings. The number of H-pyrrole nitrogens is 1. The summed E-state index contributed by atoms with van der Waals surface area (Å²) in [5, 5.41) is 0. The second-order valence-corrected chi connectivity index (χ2v) is 13.6. The SMILES string of the molecule is CC(C)(C)C=O.CC(C)(C)c1nc2c3c(ccc2[nH]1)C(=O)c1ccccc1C3=O.Nc1ccc2c(c1N)C(=O)c1ccccc1C2=O. The van der Waals surface area contributed by atoms with E-state index in [0.717, 1.165) is 17.6 Å². The van der Waals surface area contributed by atoms with E-state index in [1.54, 1.807) is 66.7 Å². The van der Waals surface area contributed by atoms with E-state index in [4.69, 9.17) is 11.5 Å². The molecule has 2 aliphatic carbocycles. The van der Waals surface area contributed by atoms with Crippen molar-refractivity contribution in [3.8, 4) is 0 Å². The molecule has 9 nitrogen and oxygen atoms in total. The minimum atomic E-state index is -0.245. The molecule has 0 spiro atoms. The maximum Gasteiger partial charge on any atom is 0.196 e. The van der Waals surface area contributed by atoms with Gasteiger partial charge in [-0.25, -0.2) is 4.98 Å². The van der Waals surface area contributed by atoms with Gasteiger partial charge in [-0.2, -0.15) is 0 Å². The minimum Gasteiger partial charge on any atom is -0.397 e. The third-order valence-corrected chi connectivity index (χ3v) is 7.77.